The van der Waals surface area contributed by atoms with Crippen LogP contribution in [0.2, 0.25) is 0 Å². The highest BCUT2D eigenvalue weighted by Crippen LogP contribution is 2.20. The van der Waals surface area contributed by atoms with Crippen LogP contribution in [0.15, 0.2) is 54.6 Å². The van der Waals surface area contributed by atoms with Crippen LogP contribution in [0, 0.1) is 5.92 Å². The number of carbonyl (C=O) groups is 1. The van der Waals surface area contributed by atoms with Crippen molar-refractivity contribution in [3.05, 3.63) is 60.2 Å². The van der Waals surface area contributed by atoms with E-state index in [2.05, 4.69) is 26.0 Å². The average Bonchev–Trinajstić information content (AvgIpc) is 2.48. The molecule has 0 heterocycles. The van der Waals surface area contributed by atoms with Crippen LogP contribution in [0.5, 0.6) is 0 Å². The summed E-state index contributed by atoms with van der Waals surface area (Å²) in [4.78, 5) is 12.1. The van der Waals surface area contributed by atoms with Gasteiger partial charge in [-0.3, -0.25) is 4.79 Å². The maximum Gasteiger partial charge on any atom is 0.163 e. The first-order valence-electron chi connectivity index (χ1n) is 6.89. The van der Waals surface area contributed by atoms with E-state index >= 15 is 0 Å². The zero-order valence-electron chi connectivity index (χ0n) is 11.6. The molecule has 1 atom stereocenters. The van der Waals surface area contributed by atoms with Crippen LogP contribution < -0.4 is 0 Å². The highest BCUT2D eigenvalue weighted by atomic mass is 16.1. The van der Waals surface area contributed by atoms with E-state index in [1.807, 2.05) is 42.5 Å². The lowest BCUT2D eigenvalue weighted by Gasteiger charge is -2.08. The molecule has 0 fully saturated rings. The van der Waals surface area contributed by atoms with Gasteiger partial charge in [-0.2, -0.15) is 0 Å². The minimum Gasteiger partial charge on any atom is -0.294 e. The van der Waals surface area contributed by atoms with Crippen molar-refractivity contribution in [2.24, 2.45) is 5.92 Å². The van der Waals surface area contributed by atoms with Gasteiger partial charge < -0.3 is 0 Å². The molecule has 2 rings (SSSR count). The van der Waals surface area contributed by atoms with Gasteiger partial charge in [0.25, 0.3) is 0 Å². The predicted octanol–water partition coefficient (Wildman–Crippen LogP) is 4.97. The first-order chi connectivity index (χ1) is 9.20. The molecule has 0 amide bonds. The molecule has 0 saturated heterocycles. The van der Waals surface area contributed by atoms with E-state index in [9.17, 15) is 4.79 Å². The van der Waals surface area contributed by atoms with Crippen LogP contribution in [0.1, 0.15) is 37.0 Å². The summed E-state index contributed by atoms with van der Waals surface area (Å²) in [5, 5.41) is 0. The van der Waals surface area contributed by atoms with Gasteiger partial charge in [0, 0.05) is 12.0 Å². The molecule has 0 radical (unpaired) electrons. The lowest BCUT2D eigenvalue weighted by molar-refractivity contribution is 0.0963. The maximum atomic E-state index is 12.1. The Hall–Kier alpha value is -1.89. The van der Waals surface area contributed by atoms with Gasteiger partial charge in [-0.05, 0) is 17.0 Å². The normalized spacial score (nSPS) is 12.1. The summed E-state index contributed by atoms with van der Waals surface area (Å²) >= 11 is 0. The summed E-state index contributed by atoms with van der Waals surface area (Å²) in [5.41, 5.74) is 3.16. The highest BCUT2D eigenvalue weighted by Gasteiger charge is 2.09. The van der Waals surface area contributed by atoms with Crippen molar-refractivity contribution >= 4 is 5.78 Å². The standard InChI is InChI=1S/C18H20O/c1-3-14(2)13-18(19)17-11-9-16(10-12-17)15-7-5-4-6-8-15/h4-12,14H,3,13H2,1-2H3/t14-/m0/s1. The zero-order valence-corrected chi connectivity index (χ0v) is 11.6. The van der Waals surface area contributed by atoms with Crippen LogP contribution in [0.25, 0.3) is 11.1 Å². The Kier molecular flexibility index (Phi) is 4.51. The molecule has 0 spiro atoms. The molecule has 0 saturated carbocycles. The first kappa shape index (κ1) is 13.5. The van der Waals surface area contributed by atoms with E-state index in [0.29, 0.717) is 12.3 Å². The Labute approximate surface area is 115 Å². The Morgan fingerprint density at radius 2 is 1.53 bits per heavy atom. The fraction of sp³-hybridized carbons (Fsp3) is 0.278. The van der Waals surface area contributed by atoms with Crippen molar-refractivity contribution in [3.8, 4) is 11.1 Å². The van der Waals surface area contributed by atoms with E-state index in [-0.39, 0.29) is 5.78 Å². The number of benzene rings is 2. The van der Waals surface area contributed by atoms with Gasteiger partial charge in [-0.25, -0.2) is 0 Å². The van der Waals surface area contributed by atoms with Gasteiger partial charge >= 0.3 is 0 Å². The van der Waals surface area contributed by atoms with Gasteiger partial charge in [-0.15, -0.1) is 0 Å². The van der Waals surface area contributed by atoms with E-state index < -0.39 is 0 Å². The number of rotatable bonds is 5. The lowest BCUT2D eigenvalue weighted by atomic mass is 9.96. The van der Waals surface area contributed by atoms with Crippen molar-refractivity contribution in [1.82, 2.24) is 0 Å². The summed E-state index contributed by atoms with van der Waals surface area (Å²) < 4.78 is 0. The monoisotopic (exact) mass is 252 g/mol. The van der Waals surface area contributed by atoms with Crippen LogP contribution in [0.4, 0.5) is 0 Å². The third kappa shape index (κ3) is 3.54. The second-order valence-corrected chi connectivity index (χ2v) is 5.08. The molecule has 0 unspecified atom stereocenters. The fourth-order valence-corrected chi connectivity index (χ4v) is 2.06. The molecule has 98 valence electrons. The van der Waals surface area contributed by atoms with E-state index in [1.165, 1.54) is 5.56 Å². The van der Waals surface area contributed by atoms with Gasteiger partial charge in [0.2, 0.25) is 0 Å². The molecule has 2 aromatic carbocycles. The molecule has 0 aliphatic carbocycles. The molecule has 0 aliphatic rings. The van der Waals surface area contributed by atoms with Crippen LogP contribution in [0.3, 0.4) is 0 Å². The Morgan fingerprint density at radius 1 is 0.947 bits per heavy atom. The van der Waals surface area contributed by atoms with E-state index in [0.717, 1.165) is 17.5 Å². The molecule has 1 nitrogen and oxygen atoms in total. The van der Waals surface area contributed by atoms with Gasteiger partial charge in [0.15, 0.2) is 5.78 Å². The molecule has 0 aliphatic heterocycles. The predicted molar refractivity (Wildman–Crippen MR) is 80.3 cm³/mol. The van der Waals surface area contributed by atoms with Crippen molar-refractivity contribution < 1.29 is 4.79 Å². The number of carbonyl (C=O) groups excluding carboxylic acids is 1. The minimum atomic E-state index is 0.244. The fourth-order valence-electron chi connectivity index (χ4n) is 2.06. The quantitative estimate of drug-likeness (QED) is 0.686. The summed E-state index contributed by atoms with van der Waals surface area (Å²) in [6.45, 7) is 4.24. The molecule has 1 heteroatoms. The largest absolute Gasteiger partial charge is 0.294 e. The maximum absolute atomic E-state index is 12.1. The lowest BCUT2D eigenvalue weighted by Crippen LogP contribution is -2.05. The van der Waals surface area contributed by atoms with Crippen molar-refractivity contribution in [1.29, 1.82) is 0 Å². The summed E-state index contributed by atoms with van der Waals surface area (Å²) in [5.74, 6) is 0.704. The minimum absolute atomic E-state index is 0.244. The molecule has 0 N–H and O–H groups in total. The first-order valence-corrected chi connectivity index (χ1v) is 6.89. The zero-order chi connectivity index (χ0) is 13.7. The summed E-state index contributed by atoms with van der Waals surface area (Å²) in [6.07, 6.45) is 1.69. The summed E-state index contributed by atoms with van der Waals surface area (Å²) in [6, 6.07) is 18.1. The number of Topliss-reactive ketones (excluding diaryl/α,β-unsaturated/α-hetero) is 1. The Balaban J connectivity index is 2.13. The molecular formula is C18H20O. The van der Waals surface area contributed by atoms with Gasteiger partial charge in [-0.1, -0.05) is 74.9 Å². The third-order valence-corrected chi connectivity index (χ3v) is 3.54. The Bertz CT molecular complexity index is 525. The SMILES string of the molecule is CC[C@H](C)CC(=O)c1ccc(-c2ccccc2)cc1. The molecular weight excluding hydrogens is 232 g/mol. The van der Waals surface area contributed by atoms with Crippen molar-refractivity contribution in [2.45, 2.75) is 26.7 Å². The van der Waals surface area contributed by atoms with E-state index in [1.54, 1.807) is 0 Å². The summed E-state index contributed by atoms with van der Waals surface area (Å²) in [7, 11) is 0. The molecule has 19 heavy (non-hydrogen) atoms. The topological polar surface area (TPSA) is 17.1 Å². The number of ketones is 1. The van der Waals surface area contributed by atoms with Crippen LogP contribution in [-0.4, -0.2) is 5.78 Å². The molecule has 0 aromatic heterocycles. The van der Waals surface area contributed by atoms with Gasteiger partial charge in [0.1, 0.15) is 0 Å². The molecule has 0 bridgehead atoms. The van der Waals surface area contributed by atoms with Crippen LogP contribution in [-0.2, 0) is 0 Å². The second kappa shape index (κ2) is 6.33. The van der Waals surface area contributed by atoms with Crippen LogP contribution >= 0.6 is 0 Å². The number of hydrogen-bond donors (Lipinski definition) is 0. The van der Waals surface area contributed by atoms with Crippen molar-refractivity contribution in [2.75, 3.05) is 0 Å². The average molecular weight is 252 g/mol. The second-order valence-electron chi connectivity index (χ2n) is 5.08. The molecule has 2 aromatic rings. The van der Waals surface area contributed by atoms with E-state index in [4.69, 9.17) is 0 Å². The Morgan fingerprint density at radius 3 is 2.11 bits per heavy atom. The van der Waals surface area contributed by atoms with Gasteiger partial charge in [0.05, 0.1) is 0 Å². The van der Waals surface area contributed by atoms with Crippen molar-refractivity contribution in [3.63, 3.8) is 0 Å². The number of hydrogen-bond acceptors (Lipinski definition) is 1. The highest BCUT2D eigenvalue weighted by molar-refractivity contribution is 5.96. The smallest absolute Gasteiger partial charge is 0.163 e. The third-order valence-electron chi connectivity index (χ3n) is 3.54.